The number of nitrogens with zero attached hydrogens (tertiary/aromatic N) is 2. The quantitative estimate of drug-likeness (QED) is 0.418. The van der Waals surface area contributed by atoms with Crippen LogP contribution in [-0.4, -0.2) is 21.9 Å². The Hall–Kier alpha value is -3.80. The molecule has 0 bridgehead atoms. The summed E-state index contributed by atoms with van der Waals surface area (Å²) in [6, 6.07) is 20.5. The fraction of sp³-hybridized carbons (Fsp3) is 0.231. The largest absolute Gasteiger partial charge is 0.508 e. The highest BCUT2D eigenvalue weighted by molar-refractivity contribution is 5.79. The zero-order chi connectivity index (χ0) is 22.5. The number of para-hydroxylation sites is 1. The number of phenols is 1. The van der Waals surface area contributed by atoms with Crippen molar-refractivity contribution in [2.24, 2.45) is 0 Å². The molecule has 1 heterocycles. The van der Waals surface area contributed by atoms with E-state index in [1.165, 1.54) is 10.2 Å². The van der Waals surface area contributed by atoms with Crippen LogP contribution in [0.1, 0.15) is 30.9 Å². The van der Waals surface area contributed by atoms with Crippen LogP contribution in [0.2, 0.25) is 0 Å². The van der Waals surface area contributed by atoms with Crippen LogP contribution in [0.5, 0.6) is 11.5 Å². The van der Waals surface area contributed by atoms with E-state index in [1.807, 2.05) is 30.3 Å². The third kappa shape index (κ3) is 4.44. The van der Waals surface area contributed by atoms with Crippen molar-refractivity contribution in [3.8, 4) is 22.9 Å². The molecule has 4 rings (SSSR count). The fourth-order valence-corrected chi connectivity index (χ4v) is 3.67. The average Bonchev–Trinajstić information content (AvgIpc) is 2.83. The highest BCUT2D eigenvalue weighted by Crippen LogP contribution is 2.24. The van der Waals surface area contributed by atoms with Gasteiger partial charge in [0.2, 0.25) is 0 Å². The number of benzene rings is 3. The van der Waals surface area contributed by atoms with Crippen molar-refractivity contribution >= 4 is 10.9 Å². The molecule has 3 aromatic carbocycles. The van der Waals surface area contributed by atoms with E-state index in [4.69, 9.17) is 9.72 Å². The van der Waals surface area contributed by atoms with Crippen LogP contribution < -0.4 is 15.7 Å². The first-order valence-electron chi connectivity index (χ1n) is 10.8. The standard InChI is InChI=1S/C26H27N3O3/c1-3-4-7-18-10-12-19(13-11-18)25-28-23-9-6-5-8-22(23)26(31)29(25)27-17-20-16-21(32-2)14-15-24(20)30/h5-6,8-16,27,30H,3-4,7,17H2,1-2H3. The third-order valence-electron chi connectivity index (χ3n) is 5.52. The highest BCUT2D eigenvalue weighted by atomic mass is 16.5. The molecule has 0 saturated carbocycles. The third-order valence-corrected chi connectivity index (χ3v) is 5.52. The first-order chi connectivity index (χ1) is 15.6. The van der Waals surface area contributed by atoms with Crippen LogP contribution in [0.15, 0.2) is 71.5 Å². The van der Waals surface area contributed by atoms with Crippen LogP contribution in [0.4, 0.5) is 0 Å². The molecule has 0 amide bonds. The highest BCUT2D eigenvalue weighted by Gasteiger charge is 2.14. The number of aromatic hydroxyl groups is 1. The molecule has 0 atom stereocenters. The predicted octanol–water partition coefficient (Wildman–Crippen LogP) is 4.86. The van der Waals surface area contributed by atoms with Crippen molar-refractivity contribution in [1.82, 2.24) is 9.66 Å². The van der Waals surface area contributed by atoms with Crippen LogP contribution >= 0.6 is 0 Å². The maximum absolute atomic E-state index is 13.3. The maximum atomic E-state index is 13.3. The van der Waals surface area contributed by atoms with E-state index in [0.29, 0.717) is 28.0 Å². The number of nitrogens with one attached hydrogen (secondary N) is 1. The Labute approximate surface area is 187 Å². The molecule has 0 radical (unpaired) electrons. The van der Waals surface area contributed by atoms with E-state index >= 15 is 0 Å². The first kappa shape index (κ1) is 21.4. The molecule has 0 aliphatic heterocycles. The molecule has 32 heavy (non-hydrogen) atoms. The van der Waals surface area contributed by atoms with Gasteiger partial charge >= 0.3 is 0 Å². The summed E-state index contributed by atoms with van der Waals surface area (Å²) in [4.78, 5) is 18.1. The molecule has 2 N–H and O–H groups in total. The summed E-state index contributed by atoms with van der Waals surface area (Å²) in [5, 5.41) is 10.8. The summed E-state index contributed by atoms with van der Waals surface area (Å²) in [7, 11) is 1.57. The number of aryl methyl sites for hydroxylation is 1. The summed E-state index contributed by atoms with van der Waals surface area (Å²) < 4.78 is 6.72. The van der Waals surface area contributed by atoms with Gasteiger partial charge in [-0.25, -0.2) is 9.66 Å². The van der Waals surface area contributed by atoms with Gasteiger partial charge in [0.1, 0.15) is 11.5 Å². The maximum Gasteiger partial charge on any atom is 0.280 e. The SMILES string of the molecule is CCCCc1ccc(-c2nc3ccccc3c(=O)n2NCc2cc(OC)ccc2O)cc1. The lowest BCUT2D eigenvalue weighted by molar-refractivity contribution is 0.411. The molecule has 164 valence electrons. The molecule has 4 aromatic rings. The van der Waals surface area contributed by atoms with Crippen molar-refractivity contribution in [3.05, 3.63) is 88.2 Å². The van der Waals surface area contributed by atoms with Crippen LogP contribution in [0.3, 0.4) is 0 Å². The second kappa shape index (κ2) is 9.56. The number of phenolic OH excluding ortho intramolecular Hbond substituents is 1. The molecule has 6 nitrogen and oxygen atoms in total. The summed E-state index contributed by atoms with van der Waals surface area (Å²) in [6.45, 7) is 2.41. The van der Waals surface area contributed by atoms with Gasteiger partial charge in [-0.1, -0.05) is 49.7 Å². The van der Waals surface area contributed by atoms with Crippen LogP contribution in [0.25, 0.3) is 22.3 Å². The van der Waals surface area contributed by atoms with Crippen LogP contribution in [-0.2, 0) is 13.0 Å². The van der Waals surface area contributed by atoms with Gasteiger partial charge in [-0.3, -0.25) is 4.79 Å². The van der Waals surface area contributed by atoms with Gasteiger partial charge in [0, 0.05) is 11.1 Å². The lowest BCUT2D eigenvalue weighted by Gasteiger charge is -2.17. The minimum Gasteiger partial charge on any atom is -0.508 e. The lowest BCUT2D eigenvalue weighted by atomic mass is 10.1. The summed E-state index contributed by atoms with van der Waals surface area (Å²) in [5.41, 5.74) is 6.33. The fourth-order valence-electron chi connectivity index (χ4n) is 3.67. The molecule has 1 aromatic heterocycles. The van der Waals surface area contributed by atoms with Gasteiger partial charge in [0.25, 0.3) is 5.56 Å². The topological polar surface area (TPSA) is 76.4 Å². The Bertz CT molecular complexity index is 1280. The van der Waals surface area contributed by atoms with Gasteiger partial charge in [-0.2, -0.15) is 0 Å². The van der Waals surface area contributed by atoms with E-state index in [0.717, 1.165) is 24.8 Å². The number of methoxy groups -OCH3 is 1. The minimum absolute atomic E-state index is 0.127. The first-order valence-corrected chi connectivity index (χ1v) is 10.8. The van der Waals surface area contributed by atoms with Gasteiger partial charge in [-0.05, 0) is 48.7 Å². The van der Waals surface area contributed by atoms with E-state index in [-0.39, 0.29) is 17.9 Å². The van der Waals surface area contributed by atoms with Crippen molar-refractivity contribution in [2.75, 3.05) is 12.5 Å². The summed E-state index contributed by atoms with van der Waals surface area (Å²) in [5.74, 6) is 1.28. The molecular formula is C26H27N3O3. The number of hydrogen-bond acceptors (Lipinski definition) is 5. The number of unbranched alkanes of at least 4 members (excludes halogenated alkanes) is 1. The van der Waals surface area contributed by atoms with Crippen molar-refractivity contribution in [1.29, 1.82) is 0 Å². The van der Waals surface area contributed by atoms with E-state index in [1.54, 1.807) is 31.4 Å². The zero-order valence-corrected chi connectivity index (χ0v) is 18.3. The molecule has 0 aliphatic rings. The van der Waals surface area contributed by atoms with E-state index in [2.05, 4.69) is 24.5 Å². The Balaban J connectivity index is 1.75. The summed E-state index contributed by atoms with van der Waals surface area (Å²) >= 11 is 0. The predicted molar refractivity (Wildman–Crippen MR) is 128 cm³/mol. The lowest BCUT2D eigenvalue weighted by Crippen LogP contribution is -2.31. The number of fused-ring (bicyclic) bond motifs is 1. The number of aromatic nitrogens is 2. The van der Waals surface area contributed by atoms with Gasteiger partial charge in [0.15, 0.2) is 5.82 Å². The normalized spacial score (nSPS) is 10.9. The van der Waals surface area contributed by atoms with Gasteiger partial charge in [-0.15, -0.1) is 0 Å². The smallest absolute Gasteiger partial charge is 0.280 e. The van der Waals surface area contributed by atoms with E-state index in [9.17, 15) is 9.90 Å². The Morgan fingerprint density at radius 3 is 2.59 bits per heavy atom. The Morgan fingerprint density at radius 1 is 1.06 bits per heavy atom. The molecule has 0 saturated heterocycles. The van der Waals surface area contributed by atoms with Gasteiger partial charge in [0.05, 0.1) is 24.6 Å². The molecular weight excluding hydrogens is 402 g/mol. The molecule has 0 spiro atoms. The number of hydrogen-bond donors (Lipinski definition) is 2. The van der Waals surface area contributed by atoms with Crippen LogP contribution in [0, 0.1) is 0 Å². The zero-order valence-electron chi connectivity index (χ0n) is 18.3. The second-order valence-corrected chi connectivity index (χ2v) is 7.72. The number of ether oxygens (including phenoxy) is 1. The van der Waals surface area contributed by atoms with Crippen molar-refractivity contribution in [2.45, 2.75) is 32.7 Å². The van der Waals surface area contributed by atoms with Gasteiger partial charge < -0.3 is 15.3 Å². The molecule has 0 fully saturated rings. The van der Waals surface area contributed by atoms with Crippen molar-refractivity contribution in [3.63, 3.8) is 0 Å². The molecule has 0 aliphatic carbocycles. The average molecular weight is 430 g/mol. The molecule has 0 unspecified atom stereocenters. The summed E-state index contributed by atoms with van der Waals surface area (Å²) in [6.07, 6.45) is 3.32. The molecule has 6 heteroatoms. The van der Waals surface area contributed by atoms with Crippen molar-refractivity contribution < 1.29 is 9.84 Å². The number of rotatable bonds is 8. The monoisotopic (exact) mass is 429 g/mol. The second-order valence-electron chi connectivity index (χ2n) is 7.72. The van der Waals surface area contributed by atoms with E-state index < -0.39 is 0 Å². The Kier molecular flexibility index (Phi) is 6.40. The Morgan fingerprint density at radius 2 is 1.84 bits per heavy atom. The minimum atomic E-state index is -0.192.